The Kier molecular flexibility index (Phi) is 7.32. The van der Waals surface area contributed by atoms with E-state index in [9.17, 15) is 4.79 Å². The van der Waals surface area contributed by atoms with Crippen molar-refractivity contribution in [3.63, 3.8) is 0 Å². The second-order valence-corrected chi connectivity index (χ2v) is 2.47. The summed E-state index contributed by atoms with van der Waals surface area (Å²) in [6.45, 7) is 6.00. The molecule has 0 fully saturated rings. The third-order valence-electron chi connectivity index (χ3n) is 1.44. The molecule has 1 aromatic carbocycles. The van der Waals surface area contributed by atoms with Crippen molar-refractivity contribution in [3.8, 4) is 0 Å². The molecule has 0 spiro atoms. The molecule has 0 saturated heterocycles. The lowest BCUT2D eigenvalue weighted by Crippen LogP contribution is -1.84. The van der Waals surface area contributed by atoms with Gasteiger partial charge in [0.15, 0.2) is 0 Å². The van der Waals surface area contributed by atoms with Gasteiger partial charge >= 0.3 is 5.97 Å². The molecule has 0 aromatic heterocycles. The highest BCUT2D eigenvalue weighted by Crippen LogP contribution is 2.00. The Balaban J connectivity index is 0.000000921. The van der Waals surface area contributed by atoms with Gasteiger partial charge in [0.2, 0.25) is 0 Å². The van der Waals surface area contributed by atoms with Crippen LogP contribution >= 0.6 is 0 Å². The summed E-state index contributed by atoms with van der Waals surface area (Å²) in [7, 11) is 0. The molecule has 0 amide bonds. The maximum absolute atomic E-state index is 10.1. The zero-order valence-corrected chi connectivity index (χ0v) is 8.47. The standard InChI is InChI=1S/C11H10O2.C2H4/c12-11(13)9-5-4-8-10-6-2-1-3-7-10;1-2/h1-9H,(H,12,13);1-2H2. The molecule has 0 aliphatic rings. The minimum atomic E-state index is -0.933. The summed E-state index contributed by atoms with van der Waals surface area (Å²) in [5, 5.41) is 8.29. The summed E-state index contributed by atoms with van der Waals surface area (Å²) in [5.74, 6) is -0.933. The molecule has 2 nitrogen and oxygen atoms in total. The number of carboxylic acids is 1. The second kappa shape index (κ2) is 8.51. The molecule has 0 heterocycles. The number of hydrogen-bond acceptors (Lipinski definition) is 1. The van der Waals surface area contributed by atoms with Crippen LogP contribution in [0.1, 0.15) is 5.56 Å². The Bertz CT molecular complexity index is 337. The Morgan fingerprint density at radius 3 is 2.27 bits per heavy atom. The highest BCUT2D eigenvalue weighted by molar-refractivity contribution is 5.80. The van der Waals surface area contributed by atoms with Gasteiger partial charge < -0.3 is 5.11 Å². The lowest BCUT2D eigenvalue weighted by Gasteiger charge is -1.87. The zero-order chi connectivity index (χ0) is 11.5. The number of allylic oxidation sites excluding steroid dienone is 2. The number of aliphatic carboxylic acids is 1. The highest BCUT2D eigenvalue weighted by atomic mass is 16.4. The van der Waals surface area contributed by atoms with Crippen LogP contribution in [0.2, 0.25) is 0 Å². The van der Waals surface area contributed by atoms with Crippen LogP contribution in [0.25, 0.3) is 6.08 Å². The number of rotatable bonds is 3. The van der Waals surface area contributed by atoms with Gasteiger partial charge in [-0.1, -0.05) is 48.6 Å². The van der Waals surface area contributed by atoms with Gasteiger partial charge in [0, 0.05) is 6.08 Å². The molecule has 0 saturated carbocycles. The van der Waals surface area contributed by atoms with Crippen molar-refractivity contribution in [3.05, 3.63) is 67.3 Å². The number of carboxylic acid groups (broad SMARTS) is 1. The molecule has 0 bridgehead atoms. The van der Waals surface area contributed by atoms with E-state index in [-0.39, 0.29) is 0 Å². The van der Waals surface area contributed by atoms with Gasteiger partial charge in [-0.2, -0.15) is 0 Å². The molecule has 0 aliphatic heterocycles. The molecule has 0 unspecified atom stereocenters. The van der Waals surface area contributed by atoms with Crippen LogP contribution < -0.4 is 0 Å². The molecule has 1 rings (SSSR count). The van der Waals surface area contributed by atoms with Crippen molar-refractivity contribution in [2.45, 2.75) is 0 Å². The Morgan fingerprint density at radius 2 is 1.73 bits per heavy atom. The lowest BCUT2D eigenvalue weighted by molar-refractivity contribution is -0.131. The maximum atomic E-state index is 10.1. The summed E-state index contributed by atoms with van der Waals surface area (Å²) in [4.78, 5) is 10.1. The summed E-state index contributed by atoms with van der Waals surface area (Å²) in [6.07, 6.45) is 6.14. The molecule has 0 radical (unpaired) electrons. The topological polar surface area (TPSA) is 37.3 Å². The third-order valence-corrected chi connectivity index (χ3v) is 1.44. The summed E-state index contributed by atoms with van der Waals surface area (Å²) in [6, 6.07) is 9.70. The fourth-order valence-electron chi connectivity index (χ4n) is 0.869. The number of carbonyl (C=O) groups is 1. The molecular formula is C13H14O2. The lowest BCUT2D eigenvalue weighted by atomic mass is 10.2. The SMILES string of the molecule is C=C.O=C(O)C=CC=Cc1ccccc1. The Labute approximate surface area is 89.9 Å². The third kappa shape index (κ3) is 7.02. The molecule has 1 aromatic rings. The molecule has 2 heteroatoms. The number of benzene rings is 1. The van der Waals surface area contributed by atoms with E-state index in [1.165, 1.54) is 6.08 Å². The van der Waals surface area contributed by atoms with E-state index in [1.807, 2.05) is 36.4 Å². The zero-order valence-electron chi connectivity index (χ0n) is 8.47. The van der Waals surface area contributed by atoms with E-state index in [0.717, 1.165) is 11.6 Å². The first-order valence-corrected chi connectivity index (χ1v) is 4.42. The summed E-state index contributed by atoms with van der Waals surface area (Å²) >= 11 is 0. The predicted octanol–water partition coefficient (Wildman–Crippen LogP) is 3.14. The largest absolute Gasteiger partial charge is 0.478 e. The van der Waals surface area contributed by atoms with E-state index < -0.39 is 5.97 Å². The fraction of sp³-hybridized carbons (Fsp3) is 0. The van der Waals surface area contributed by atoms with Gasteiger partial charge in [-0.05, 0) is 5.56 Å². The number of hydrogen-bond donors (Lipinski definition) is 1. The quantitative estimate of drug-likeness (QED) is 0.464. The molecule has 1 N–H and O–H groups in total. The Hall–Kier alpha value is -2.09. The van der Waals surface area contributed by atoms with Crippen molar-refractivity contribution >= 4 is 12.0 Å². The maximum Gasteiger partial charge on any atom is 0.328 e. The van der Waals surface area contributed by atoms with Gasteiger partial charge in [-0.3, -0.25) is 0 Å². The normalized spacial score (nSPS) is 9.87. The summed E-state index contributed by atoms with van der Waals surface area (Å²) in [5.41, 5.74) is 1.05. The van der Waals surface area contributed by atoms with Crippen LogP contribution in [0.5, 0.6) is 0 Å². The van der Waals surface area contributed by atoms with Gasteiger partial charge in [0.25, 0.3) is 0 Å². The van der Waals surface area contributed by atoms with Gasteiger partial charge in [-0.15, -0.1) is 13.2 Å². The first kappa shape index (κ1) is 12.9. The molecule has 15 heavy (non-hydrogen) atoms. The van der Waals surface area contributed by atoms with Crippen LogP contribution in [-0.4, -0.2) is 11.1 Å². The van der Waals surface area contributed by atoms with Crippen LogP contribution in [0.15, 0.2) is 61.7 Å². The minimum absolute atomic E-state index is 0.933. The molecule has 0 aliphatic carbocycles. The van der Waals surface area contributed by atoms with Gasteiger partial charge in [0.1, 0.15) is 0 Å². The van der Waals surface area contributed by atoms with Crippen molar-refractivity contribution < 1.29 is 9.90 Å². The first-order valence-electron chi connectivity index (χ1n) is 4.42. The van der Waals surface area contributed by atoms with E-state index in [2.05, 4.69) is 13.2 Å². The van der Waals surface area contributed by atoms with Crippen LogP contribution in [0, 0.1) is 0 Å². The minimum Gasteiger partial charge on any atom is -0.478 e. The molecule has 78 valence electrons. The van der Waals surface area contributed by atoms with Crippen molar-refractivity contribution in [2.75, 3.05) is 0 Å². The van der Waals surface area contributed by atoms with Crippen LogP contribution in [-0.2, 0) is 4.79 Å². The van der Waals surface area contributed by atoms with Crippen LogP contribution in [0.3, 0.4) is 0 Å². The smallest absolute Gasteiger partial charge is 0.328 e. The highest BCUT2D eigenvalue weighted by Gasteiger charge is 1.82. The van der Waals surface area contributed by atoms with Crippen LogP contribution in [0.4, 0.5) is 0 Å². The van der Waals surface area contributed by atoms with Crippen molar-refractivity contribution in [1.29, 1.82) is 0 Å². The van der Waals surface area contributed by atoms with Crippen molar-refractivity contribution in [1.82, 2.24) is 0 Å². The van der Waals surface area contributed by atoms with Crippen molar-refractivity contribution in [2.24, 2.45) is 0 Å². The fourth-order valence-corrected chi connectivity index (χ4v) is 0.869. The molecular weight excluding hydrogens is 188 g/mol. The molecule has 0 atom stereocenters. The van der Waals surface area contributed by atoms with E-state index in [1.54, 1.807) is 6.08 Å². The Morgan fingerprint density at radius 1 is 1.13 bits per heavy atom. The van der Waals surface area contributed by atoms with E-state index in [4.69, 9.17) is 5.11 Å². The monoisotopic (exact) mass is 202 g/mol. The van der Waals surface area contributed by atoms with E-state index in [0.29, 0.717) is 0 Å². The van der Waals surface area contributed by atoms with E-state index >= 15 is 0 Å². The first-order chi connectivity index (χ1) is 7.29. The summed E-state index contributed by atoms with van der Waals surface area (Å²) < 4.78 is 0. The van der Waals surface area contributed by atoms with Gasteiger partial charge in [0.05, 0.1) is 0 Å². The average molecular weight is 202 g/mol. The second-order valence-electron chi connectivity index (χ2n) is 2.47. The van der Waals surface area contributed by atoms with Gasteiger partial charge in [-0.25, -0.2) is 4.79 Å². The average Bonchev–Trinajstić information content (AvgIpc) is 2.28. The predicted molar refractivity (Wildman–Crippen MR) is 63.5 cm³/mol.